The Morgan fingerprint density at radius 1 is 1.53 bits per heavy atom. The number of nitrogens with one attached hydrogen (secondary N) is 1. The van der Waals surface area contributed by atoms with Gasteiger partial charge >= 0.3 is 0 Å². The summed E-state index contributed by atoms with van der Waals surface area (Å²) in [6.45, 7) is 8.45. The van der Waals surface area contributed by atoms with Gasteiger partial charge in [0.15, 0.2) is 0 Å². The molecule has 0 fully saturated rings. The van der Waals surface area contributed by atoms with Crippen molar-refractivity contribution in [3.63, 3.8) is 0 Å². The van der Waals surface area contributed by atoms with E-state index in [2.05, 4.69) is 43.9 Å². The summed E-state index contributed by atoms with van der Waals surface area (Å²) in [5.41, 5.74) is 5.40. The van der Waals surface area contributed by atoms with E-state index in [0.717, 1.165) is 6.42 Å². The zero-order chi connectivity index (χ0) is 10.8. The molecule has 1 aliphatic heterocycles. The van der Waals surface area contributed by atoms with Gasteiger partial charge < -0.3 is 5.32 Å². The van der Waals surface area contributed by atoms with Crippen LogP contribution in [0.4, 0.5) is 5.69 Å². The first-order valence-corrected chi connectivity index (χ1v) is 5.74. The fourth-order valence-electron chi connectivity index (χ4n) is 2.15. The minimum Gasteiger partial charge on any atom is -0.378 e. The molecule has 0 spiro atoms. The highest BCUT2D eigenvalue weighted by atomic mass is 14.9. The average molecular weight is 201 g/mol. The van der Waals surface area contributed by atoms with Gasteiger partial charge in [-0.15, -0.1) is 0 Å². The summed E-state index contributed by atoms with van der Waals surface area (Å²) in [7, 11) is 0. The van der Waals surface area contributed by atoms with Crippen LogP contribution in [0.3, 0.4) is 0 Å². The minimum absolute atomic E-state index is 0.476. The lowest BCUT2D eigenvalue weighted by Crippen LogP contribution is -2.26. The van der Waals surface area contributed by atoms with E-state index in [-0.39, 0.29) is 0 Å². The monoisotopic (exact) mass is 201 g/mol. The van der Waals surface area contributed by atoms with Crippen LogP contribution >= 0.6 is 0 Å². The Balaban J connectivity index is 2.22. The Morgan fingerprint density at radius 2 is 2.33 bits per heavy atom. The largest absolute Gasteiger partial charge is 0.378 e. The van der Waals surface area contributed by atoms with E-state index in [9.17, 15) is 0 Å². The number of anilines is 1. The first kappa shape index (κ1) is 10.3. The molecular weight excluding hydrogens is 182 g/mol. The highest BCUT2D eigenvalue weighted by Gasteiger charge is 2.18. The van der Waals surface area contributed by atoms with Crippen LogP contribution in [0.25, 0.3) is 0 Å². The van der Waals surface area contributed by atoms with E-state index in [1.807, 2.05) is 0 Å². The highest BCUT2D eigenvalue weighted by Crippen LogP contribution is 2.28. The third-order valence-electron chi connectivity index (χ3n) is 3.24. The molecule has 1 heteroatoms. The fourth-order valence-corrected chi connectivity index (χ4v) is 2.15. The molecule has 0 aliphatic carbocycles. The van der Waals surface area contributed by atoms with Crippen LogP contribution < -0.4 is 5.32 Å². The molecule has 0 amide bonds. The number of fused-ring (bicyclic) bond motifs is 1. The molecule has 1 heterocycles. The van der Waals surface area contributed by atoms with Gasteiger partial charge in [-0.1, -0.05) is 31.2 Å². The van der Waals surface area contributed by atoms with Gasteiger partial charge in [-0.25, -0.2) is 0 Å². The van der Waals surface area contributed by atoms with Crippen LogP contribution in [0.2, 0.25) is 0 Å². The summed E-state index contributed by atoms with van der Waals surface area (Å²) in [4.78, 5) is 0. The second-order valence-corrected chi connectivity index (χ2v) is 4.41. The predicted octanol–water partition coefficient (Wildman–Crippen LogP) is 3.69. The van der Waals surface area contributed by atoms with E-state index >= 15 is 0 Å². The number of hydrogen-bond acceptors (Lipinski definition) is 1. The maximum atomic E-state index is 4.13. The number of hydrogen-bond donors (Lipinski definition) is 1. The van der Waals surface area contributed by atoms with Gasteiger partial charge in [-0.05, 0) is 43.4 Å². The van der Waals surface area contributed by atoms with Crippen molar-refractivity contribution in [1.82, 2.24) is 0 Å². The van der Waals surface area contributed by atoms with Crippen molar-refractivity contribution < 1.29 is 0 Å². The quantitative estimate of drug-likeness (QED) is 0.720. The minimum atomic E-state index is 0.476. The molecule has 80 valence electrons. The van der Waals surface area contributed by atoms with Crippen molar-refractivity contribution in [2.45, 2.75) is 39.2 Å². The molecule has 1 unspecified atom stereocenters. The average Bonchev–Trinajstić information content (AvgIpc) is 2.27. The molecule has 0 saturated heterocycles. The van der Waals surface area contributed by atoms with Crippen molar-refractivity contribution in [3.05, 3.63) is 41.5 Å². The van der Waals surface area contributed by atoms with Gasteiger partial charge in [-0.3, -0.25) is 0 Å². The van der Waals surface area contributed by atoms with Gasteiger partial charge in [-0.2, -0.15) is 0 Å². The maximum absolute atomic E-state index is 4.13. The molecule has 0 aromatic heterocycles. The second kappa shape index (κ2) is 4.09. The predicted molar refractivity (Wildman–Crippen MR) is 66.3 cm³/mol. The zero-order valence-electron chi connectivity index (χ0n) is 9.64. The van der Waals surface area contributed by atoms with Crippen LogP contribution in [0.5, 0.6) is 0 Å². The lowest BCUT2D eigenvalue weighted by molar-refractivity contribution is 0.685. The smallest absolute Gasteiger partial charge is 0.0474 e. The Morgan fingerprint density at radius 3 is 3.07 bits per heavy atom. The summed E-state index contributed by atoms with van der Waals surface area (Å²) < 4.78 is 0. The topological polar surface area (TPSA) is 12.0 Å². The van der Waals surface area contributed by atoms with Gasteiger partial charge in [0.25, 0.3) is 0 Å². The molecule has 2 rings (SSSR count). The fraction of sp³-hybridized carbons (Fsp3) is 0.429. The standard InChI is InChI=1S/C14H19N/c1-4-11(3)13-8-7-12-6-5-10(2)9-14(12)15-13/h5-6,9,13,15H,3-4,7-8H2,1-2H3. The van der Waals surface area contributed by atoms with Crippen LogP contribution in [-0.4, -0.2) is 6.04 Å². The van der Waals surface area contributed by atoms with Crippen LogP contribution in [-0.2, 0) is 6.42 Å². The highest BCUT2D eigenvalue weighted by molar-refractivity contribution is 5.56. The molecule has 1 nitrogen and oxygen atoms in total. The molecular formula is C14H19N. The first-order valence-electron chi connectivity index (χ1n) is 5.74. The molecule has 1 aliphatic rings. The van der Waals surface area contributed by atoms with Crippen molar-refractivity contribution >= 4 is 5.69 Å². The van der Waals surface area contributed by atoms with Crippen molar-refractivity contribution in [1.29, 1.82) is 0 Å². The second-order valence-electron chi connectivity index (χ2n) is 4.41. The first-order chi connectivity index (χ1) is 7.20. The van der Waals surface area contributed by atoms with E-state index in [4.69, 9.17) is 0 Å². The molecule has 0 radical (unpaired) electrons. The summed E-state index contributed by atoms with van der Waals surface area (Å²) in [5.74, 6) is 0. The molecule has 0 saturated carbocycles. The SMILES string of the molecule is C=C(CC)C1CCc2ccc(C)cc2N1. The van der Waals surface area contributed by atoms with Crippen molar-refractivity contribution in [2.75, 3.05) is 5.32 Å². The van der Waals surface area contributed by atoms with E-state index in [1.165, 1.54) is 35.2 Å². The van der Waals surface area contributed by atoms with Crippen LogP contribution in [0.1, 0.15) is 30.9 Å². The Hall–Kier alpha value is -1.24. The molecule has 1 aromatic rings. The van der Waals surface area contributed by atoms with Gasteiger partial charge in [0, 0.05) is 11.7 Å². The molecule has 1 aromatic carbocycles. The Labute approximate surface area is 92.2 Å². The van der Waals surface area contributed by atoms with Crippen molar-refractivity contribution in [2.24, 2.45) is 0 Å². The molecule has 1 N–H and O–H groups in total. The van der Waals surface area contributed by atoms with Crippen LogP contribution in [0, 0.1) is 6.92 Å². The summed E-state index contributed by atoms with van der Waals surface area (Å²) in [5, 5.41) is 3.59. The third kappa shape index (κ3) is 2.06. The van der Waals surface area contributed by atoms with E-state index < -0.39 is 0 Å². The Bertz CT molecular complexity index is 379. The zero-order valence-corrected chi connectivity index (χ0v) is 9.64. The van der Waals surface area contributed by atoms with Gasteiger partial charge in [0.05, 0.1) is 0 Å². The summed E-state index contributed by atoms with van der Waals surface area (Å²) in [6, 6.07) is 7.15. The number of rotatable bonds is 2. The summed E-state index contributed by atoms with van der Waals surface area (Å²) in [6.07, 6.45) is 3.42. The number of aryl methyl sites for hydroxylation is 2. The summed E-state index contributed by atoms with van der Waals surface area (Å²) >= 11 is 0. The molecule has 15 heavy (non-hydrogen) atoms. The lowest BCUT2D eigenvalue weighted by Gasteiger charge is -2.28. The number of benzene rings is 1. The molecule has 0 bridgehead atoms. The van der Waals surface area contributed by atoms with Crippen molar-refractivity contribution in [3.8, 4) is 0 Å². The lowest BCUT2D eigenvalue weighted by atomic mass is 9.92. The van der Waals surface area contributed by atoms with Crippen LogP contribution in [0.15, 0.2) is 30.4 Å². The van der Waals surface area contributed by atoms with E-state index in [0.29, 0.717) is 6.04 Å². The maximum Gasteiger partial charge on any atom is 0.0474 e. The molecule has 1 atom stereocenters. The third-order valence-corrected chi connectivity index (χ3v) is 3.24. The van der Waals surface area contributed by atoms with E-state index in [1.54, 1.807) is 0 Å². The van der Waals surface area contributed by atoms with Gasteiger partial charge in [0.1, 0.15) is 0 Å². The normalized spacial score (nSPS) is 19.2. The Kier molecular flexibility index (Phi) is 2.81. The van der Waals surface area contributed by atoms with Gasteiger partial charge in [0.2, 0.25) is 0 Å².